The number of nitrogens with one attached hydrogen (secondary N) is 2. The van der Waals surface area contributed by atoms with E-state index in [9.17, 15) is 9.59 Å². The van der Waals surface area contributed by atoms with Gasteiger partial charge in [-0.1, -0.05) is 42.5 Å². The average Bonchev–Trinajstić information content (AvgIpc) is 2.79. The monoisotopic (exact) mass is 427 g/mol. The number of aromatic nitrogens is 2. The summed E-state index contributed by atoms with van der Waals surface area (Å²) in [5.74, 6) is -0.157. The SMILES string of the molecule is O=C(NC1CCCc2ccccc21)c1ccc2c(=O)n(-c3ccccc3)c(=S)[nH]c2c1. The molecular formula is C25H21N3O2S. The minimum atomic E-state index is -0.210. The first-order valence-corrected chi connectivity index (χ1v) is 10.8. The van der Waals surface area contributed by atoms with Gasteiger partial charge in [0.2, 0.25) is 0 Å². The van der Waals surface area contributed by atoms with Gasteiger partial charge in [0, 0.05) is 5.56 Å². The Kier molecular flexibility index (Phi) is 5.00. The molecule has 0 fully saturated rings. The smallest absolute Gasteiger partial charge is 0.266 e. The van der Waals surface area contributed by atoms with Crippen LogP contribution in [0.4, 0.5) is 0 Å². The molecule has 5 nitrogen and oxygen atoms in total. The highest BCUT2D eigenvalue weighted by Crippen LogP contribution is 2.29. The molecule has 154 valence electrons. The molecule has 0 aliphatic heterocycles. The molecule has 0 bridgehead atoms. The van der Waals surface area contributed by atoms with E-state index in [1.54, 1.807) is 18.2 Å². The number of fused-ring (bicyclic) bond motifs is 2. The number of aromatic amines is 1. The van der Waals surface area contributed by atoms with Crippen LogP contribution < -0.4 is 10.9 Å². The van der Waals surface area contributed by atoms with Gasteiger partial charge >= 0.3 is 0 Å². The zero-order valence-corrected chi connectivity index (χ0v) is 17.6. The highest BCUT2D eigenvalue weighted by Gasteiger charge is 2.22. The average molecular weight is 428 g/mol. The molecule has 1 aromatic heterocycles. The zero-order chi connectivity index (χ0) is 21.4. The van der Waals surface area contributed by atoms with Gasteiger partial charge in [-0.25, -0.2) is 0 Å². The number of H-pyrrole nitrogens is 1. The number of rotatable bonds is 3. The van der Waals surface area contributed by atoms with Gasteiger partial charge < -0.3 is 10.3 Å². The molecule has 4 aromatic rings. The number of hydrogen-bond acceptors (Lipinski definition) is 3. The quantitative estimate of drug-likeness (QED) is 0.459. The lowest BCUT2D eigenvalue weighted by Crippen LogP contribution is -2.31. The van der Waals surface area contributed by atoms with Crippen molar-refractivity contribution in [3.63, 3.8) is 0 Å². The lowest BCUT2D eigenvalue weighted by Gasteiger charge is -2.26. The number of amides is 1. The van der Waals surface area contributed by atoms with Crippen molar-refractivity contribution < 1.29 is 4.79 Å². The maximum absolute atomic E-state index is 13.1. The topological polar surface area (TPSA) is 66.9 Å². The summed E-state index contributed by atoms with van der Waals surface area (Å²) < 4.78 is 1.76. The van der Waals surface area contributed by atoms with E-state index in [0.29, 0.717) is 26.9 Å². The predicted molar refractivity (Wildman–Crippen MR) is 124 cm³/mol. The van der Waals surface area contributed by atoms with Gasteiger partial charge in [-0.15, -0.1) is 0 Å². The van der Waals surface area contributed by atoms with Crippen molar-refractivity contribution in [1.29, 1.82) is 0 Å². The van der Waals surface area contributed by atoms with Crippen LogP contribution in [0.15, 0.2) is 77.6 Å². The van der Waals surface area contributed by atoms with Crippen LogP contribution in [0.3, 0.4) is 0 Å². The van der Waals surface area contributed by atoms with Crippen molar-refractivity contribution in [3.05, 3.63) is 105 Å². The van der Waals surface area contributed by atoms with Crippen molar-refractivity contribution in [2.24, 2.45) is 0 Å². The molecule has 5 rings (SSSR count). The summed E-state index contributed by atoms with van der Waals surface area (Å²) in [6, 6.07) is 22.6. The molecule has 0 radical (unpaired) electrons. The van der Waals surface area contributed by atoms with Gasteiger partial charge in [-0.3, -0.25) is 14.2 Å². The van der Waals surface area contributed by atoms with E-state index in [1.165, 1.54) is 15.7 Å². The Hall–Kier alpha value is -3.51. The van der Waals surface area contributed by atoms with Crippen LogP contribution in [0.2, 0.25) is 0 Å². The van der Waals surface area contributed by atoms with Crippen LogP contribution in [0, 0.1) is 4.77 Å². The van der Waals surface area contributed by atoms with E-state index < -0.39 is 0 Å². The fourth-order valence-corrected chi connectivity index (χ4v) is 4.61. The van der Waals surface area contributed by atoms with Crippen LogP contribution in [0.25, 0.3) is 16.6 Å². The molecule has 0 saturated heterocycles. The number of carbonyl (C=O) groups excluding carboxylic acids is 1. The molecule has 3 aromatic carbocycles. The van der Waals surface area contributed by atoms with Crippen molar-refractivity contribution >= 4 is 29.0 Å². The van der Waals surface area contributed by atoms with Gasteiger partial charge in [0.05, 0.1) is 22.6 Å². The molecule has 1 atom stereocenters. The molecule has 1 aliphatic carbocycles. The summed E-state index contributed by atoms with van der Waals surface area (Å²) in [4.78, 5) is 29.2. The highest BCUT2D eigenvalue weighted by atomic mass is 32.1. The fraction of sp³-hybridized carbons (Fsp3) is 0.160. The van der Waals surface area contributed by atoms with E-state index >= 15 is 0 Å². The van der Waals surface area contributed by atoms with Crippen molar-refractivity contribution in [2.75, 3.05) is 0 Å². The Balaban J connectivity index is 1.49. The molecule has 1 amide bonds. The highest BCUT2D eigenvalue weighted by molar-refractivity contribution is 7.71. The first-order valence-electron chi connectivity index (χ1n) is 10.3. The number of benzene rings is 3. The van der Waals surface area contributed by atoms with Crippen LogP contribution >= 0.6 is 12.2 Å². The van der Waals surface area contributed by atoms with Crippen LogP contribution in [0.5, 0.6) is 0 Å². The molecule has 1 unspecified atom stereocenters. The third-order valence-corrected chi connectivity index (χ3v) is 6.13. The number of nitrogens with zero attached hydrogens (tertiary/aromatic N) is 1. The molecule has 1 aliphatic rings. The van der Waals surface area contributed by atoms with Gasteiger partial charge in [0.1, 0.15) is 0 Å². The summed E-state index contributed by atoms with van der Waals surface area (Å²) in [6.45, 7) is 0. The second kappa shape index (κ2) is 7.96. The van der Waals surface area contributed by atoms with Gasteiger partial charge in [-0.05, 0) is 72.9 Å². The third kappa shape index (κ3) is 3.59. The lowest BCUT2D eigenvalue weighted by atomic mass is 9.87. The molecule has 0 saturated carbocycles. The zero-order valence-electron chi connectivity index (χ0n) is 16.8. The van der Waals surface area contributed by atoms with Gasteiger partial charge in [-0.2, -0.15) is 0 Å². The van der Waals surface area contributed by atoms with E-state index in [0.717, 1.165) is 19.3 Å². The van der Waals surface area contributed by atoms with Gasteiger partial charge in [0.15, 0.2) is 4.77 Å². The summed E-state index contributed by atoms with van der Waals surface area (Å²) in [5.41, 5.74) is 4.03. The predicted octanol–water partition coefficient (Wildman–Crippen LogP) is 4.86. The molecule has 2 N–H and O–H groups in total. The summed E-state index contributed by atoms with van der Waals surface area (Å²) in [6.07, 6.45) is 3.01. The first kappa shape index (κ1) is 19.5. The van der Waals surface area contributed by atoms with E-state index in [1.807, 2.05) is 42.5 Å². The maximum atomic E-state index is 13.1. The molecule has 6 heteroatoms. The molecule has 31 heavy (non-hydrogen) atoms. The van der Waals surface area contributed by atoms with Crippen LogP contribution in [-0.2, 0) is 6.42 Å². The Morgan fingerprint density at radius 1 is 1.03 bits per heavy atom. The number of carbonyl (C=O) groups is 1. The van der Waals surface area contributed by atoms with Crippen molar-refractivity contribution in [3.8, 4) is 5.69 Å². The Morgan fingerprint density at radius 3 is 2.65 bits per heavy atom. The summed E-state index contributed by atoms with van der Waals surface area (Å²) in [7, 11) is 0. The second-order valence-corrected chi connectivity index (χ2v) is 8.17. The Morgan fingerprint density at radius 2 is 1.81 bits per heavy atom. The lowest BCUT2D eigenvalue weighted by molar-refractivity contribution is 0.0933. The second-order valence-electron chi connectivity index (χ2n) is 7.78. The van der Waals surface area contributed by atoms with Crippen molar-refractivity contribution in [2.45, 2.75) is 25.3 Å². The van der Waals surface area contributed by atoms with Crippen LogP contribution in [-0.4, -0.2) is 15.5 Å². The van der Waals surface area contributed by atoms with E-state index in [2.05, 4.69) is 22.4 Å². The van der Waals surface area contributed by atoms with E-state index in [4.69, 9.17) is 12.2 Å². The van der Waals surface area contributed by atoms with Crippen molar-refractivity contribution in [1.82, 2.24) is 14.9 Å². The first-order chi connectivity index (χ1) is 15.1. The molecule has 0 spiro atoms. The van der Waals surface area contributed by atoms with E-state index in [-0.39, 0.29) is 17.5 Å². The third-order valence-electron chi connectivity index (χ3n) is 5.85. The largest absolute Gasteiger partial charge is 0.345 e. The number of hydrogen-bond donors (Lipinski definition) is 2. The standard InChI is InChI=1S/C25H21N3O2S/c29-23(26-21-12-6-8-16-7-4-5-11-19(16)21)17-13-14-20-22(15-17)27-25(31)28(24(20)30)18-9-2-1-3-10-18/h1-5,7,9-11,13-15,21H,6,8,12H2,(H,26,29)(H,27,31). The summed E-state index contributed by atoms with van der Waals surface area (Å²) >= 11 is 5.44. The minimum absolute atomic E-state index is 0.00211. The number of aryl methyl sites for hydroxylation is 1. The van der Waals surface area contributed by atoms with Gasteiger partial charge in [0.25, 0.3) is 11.5 Å². The normalized spacial score (nSPS) is 15.4. The molecule has 1 heterocycles. The number of para-hydroxylation sites is 1. The molecular weight excluding hydrogens is 406 g/mol. The fourth-order valence-electron chi connectivity index (χ4n) is 4.32. The Labute approximate surface area is 184 Å². The summed E-state index contributed by atoms with van der Waals surface area (Å²) in [5, 5.41) is 3.64. The van der Waals surface area contributed by atoms with Crippen LogP contribution in [0.1, 0.15) is 40.4 Å². The minimum Gasteiger partial charge on any atom is -0.345 e. The Bertz CT molecular complexity index is 1410. The maximum Gasteiger partial charge on any atom is 0.266 e.